The number of nitrogens with zero attached hydrogens (tertiary/aromatic N) is 1. The third-order valence-corrected chi connectivity index (χ3v) is 4.32. The summed E-state index contributed by atoms with van der Waals surface area (Å²) in [5.74, 6) is 4.81. The van der Waals surface area contributed by atoms with Crippen LogP contribution in [0.2, 0.25) is 0 Å². The molecule has 0 amide bonds. The SMILES string of the molecule is CC#C[C@@](O)(C(=O)O[C@@H]1CN2CCC1CC2)C(C)C. The normalized spacial score (nSPS) is 32.4. The Bertz CT molecular complexity index is 401. The summed E-state index contributed by atoms with van der Waals surface area (Å²) in [5.41, 5.74) is -1.68. The van der Waals surface area contributed by atoms with Crippen molar-refractivity contribution in [2.24, 2.45) is 11.8 Å². The van der Waals surface area contributed by atoms with Crippen molar-refractivity contribution in [2.75, 3.05) is 19.6 Å². The summed E-state index contributed by atoms with van der Waals surface area (Å²) >= 11 is 0. The molecule has 106 valence electrons. The van der Waals surface area contributed by atoms with Crippen molar-refractivity contribution in [2.45, 2.75) is 45.3 Å². The molecule has 4 heteroatoms. The van der Waals surface area contributed by atoms with E-state index in [4.69, 9.17) is 4.74 Å². The maximum atomic E-state index is 12.2. The molecule has 0 aromatic rings. The van der Waals surface area contributed by atoms with Gasteiger partial charge in [-0.3, -0.25) is 4.90 Å². The first-order valence-electron chi connectivity index (χ1n) is 7.07. The molecule has 0 saturated carbocycles. The highest BCUT2D eigenvalue weighted by Gasteiger charge is 2.43. The summed E-state index contributed by atoms with van der Waals surface area (Å²) in [5, 5.41) is 10.4. The third kappa shape index (κ3) is 2.77. The minimum Gasteiger partial charge on any atom is -0.458 e. The van der Waals surface area contributed by atoms with Gasteiger partial charge in [0.05, 0.1) is 0 Å². The number of fused-ring (bicyclic) bond motifs is 3. The number of rotatable bonds is 3. The molecule has 0 aromatic carbocycles. The highest BCUT2D eigenvalue weighted by Crippen LogP contribution is 2.31. The molecular formula is C15H23NO3. The van der Waals surface area contributed by atoms with Crippen molar-refractivity contribution in [3.63, 3.8) is 0 Å². The molecule has 0 radical (unpaired) electrons. The zero-order valence-corrected chi connectivity index (χ0v) is 12.0. The maximum absolute atomic E-state index is 12.2. The van der Waals surface area contributed by atoms with E-state index < -0.39 is 11.6 Å². The number of hydrogen-bond acceptors (Lipinski definition) is 4. The van der Waals surface area contributed by atoms with Gasteiger partial charge in [-0.15, -0.1) is 5.92 Å². The van der Waals surface area contributed by atoms with Gasteiger partial charge >= 0.3 is 5.97 Å². The number of carbonyl (C=O) groups is 1. The fraction of sp³-hybridized carbons (Fsp3) is 0.800. The predicted molar refractivity (Wildman–Crippen MR) is 72.3 cm³/mol. The second-order valence-electron chi connectivity index (χ2n) is 5.88. The first-order valence-corrected chi connectivity index (χ1v) is 7.07. The fourth-order valence-electron chi connectivity index (χ4n) is 2.89. The van der Waals surface area contributed by atoms with Crippen molar-refractivity contribution in [3.05, 3.63) is 0 Å². The van der Waals surface area contributed by atoms with Crippen LogP contribution in [0.1, 0.15) is 33.6 Å². The monoisotopic (exact) mass is 265 g/mol. The number of hydrogen-bond donors (Lipinski definition) is 1. The Kier molecular flexibility index (Phi) is 4.17. The van der Waals surface area contributed by atoms with Crippen LogP contribution >= 0.6 is 0 Å². The summed E-state index contributed by atoms with van der Waals surface area (Å²) in [7, 11) is 0. The van der Waals surface area contributed by atoms with E-state index in [1.165, 1.54) is 0 Å². The molecule has 3 rings (SSSR count). The van der Waals surface area contributed by atoms with E-state index in [0.717, 1.165) is 32.5 Å². The van der Waals surface area contributed by atoms with Crippen LogP contribution in [0.15, 0.2) is 0 Å². The van der Waals surface area contributed by atoms with Crippen LogP contribution in [0.4, 0.5) is 0 Å². The Balaban J connectivity index is 2.05. The first kappa shape index (κ1) is 14.4. The van der Waals surface area contributed by atoms with Gasteiger partial charge in [0.15, 0.2) is 0 Å². The number of aliphatic hydroxyl groups is 1. The summed E-state index contributed by atoms with van der Waals surface area (Å²) in [6, 6.07) is 0. The van der Waals surface area contributed by atoms with Crippen molar-refractivity contribution < 1.29 is 14.6 Å². The lowest BCUT2D eigenvalue weighted by Gasteiger charge is -2.44. The van der Waals surface area contributed by atoms with Crippen molar-refractivity contribution >= 4 is 5.97 Å². The van der Waals surface area contributed by atoms with E-state index >= 15 is 0 Å². The molecule has 0 aliphatic carbocycles. The summed E-state index contributed by atoms with van der Waals surface area (Å²) < 4.78 is 5.57. The Morgan fingerprint density at radius 3 is 2.47 bits per heavy atom. The summed E-state index contributed by atoms with van der Waals surface area (Å²) in [6.45, 7) is 8.17. The van der Waals surface area contributed by atoms with Crippen LogP contribution in [0.5, 0.6) is 0 Å². The Labute approximate surface area is 115 Å². The van der Waals surface area contributed by atoms with Gasteiger partial charge in [0.25, 0.3) is 0 Å². The fourth-order valence-corrected chi connectivity index (χ4v) is 2.89. The first-order chi connectivity index (χ1) is 8.97. The number of carbonyl (C=O) groups excluding carboxylic acids is 1. The Morgan fingerprint density at radius 1 is 1.42 bits per heavy atom. The third-order valence-electron chi connectivity index (χ3n) is 4.32. The topological polar surface area (TPSA) is 49.8 Å². The van der Waals surface area contributed by atoms with Crippen LogP contribution in [0, 0.1) is 23.7 Å². The molecule has 4 nitrogen and oxygen atoms in total. The van der Waals surface area contributed by atoms with Crippen LogP contribution in [-0.4, -0.2) is 47.3 Å². The highest BCUT2D eigenvalue weighted by atomic mass is 16.6. The van der Waals surface area contributed by atoms with E-state index in [0.29, 0.717) is 5.92 Å². The minimum absolute atomic E-state index is 0.0843. The van der Waals surface area contributed by atoms with Crippen molar-refractivity contribution in [1.29, 1.82) is 0 Å². The summed E-state index contributed by atoms with van der Waals surface area (Å²) in [6.07, 6.45) is 2.08. The van der Waals surface area contributed by atoms with Gasteiger partial charge in [-0.2, -0.15) is 0 Å². The molecule has 1 N–H and O–H groups in total. The largest absolute Gasteiger partial charge is 0.458 e. The van der Waals surface area contributed by atoms with Gasteiger partial charge in [0.2, 0.25) is 5.60 Å². The second-order valence-corrected chi connectivity index (χ2v) is 5.88. The lowest BCUT2D eigenvalue weighted by Crippen LogP contribution is -2.54. The number of ether oxygens (including phenoxy) is 1. The maximum Gasteiger partial charge on any atom is 0.351 e. The van der Waals surface area contributed by atoms with E-state index in [1.54, 1.807) is 20.8 Å². The predicted octanol–water partition coefficient (Wildman–Crippen LogP) is 1.03. The van der Waals surface area contributed by atoms with E-state index in [2.05, 4.69) is 16.7 Å². The molecule has 0 spiro atoms. The van der Waals surface area contributed by atoms with Gasteiger partial charge < -0.3 is 9.84 Å². The Hall–Kier alpha value is -1.05. The van der Waals surface area contributed by atoms with Gasteiger partial charge in [0, 0.05) is 12.5 Å². The Morgan fingerprint density at radius 2 is 2.05 bits per heavy atom. The molecule has 0 unspecified atom stereocenters. The van der Waals surface area contributed by atoms with E-state index in [1.807, 2.05) is 0 Å². The number of piperidine rings is 3. The van der Waals surface area contributed by atoms with E-state index in [-0.39, 0.29) is 12.0 Å². The molecule has 3 aliphatic heterocycles. The standard InChI is InChI=1S/C15H23NO3/c1-4-7-15(18,11(2)3)14(17)19-13-10-16-8-5-12(13)6-9-16/h11-13,18H,5-6,8-10H2,1-3H3/t13-,15+/m1/s1. The second kappa shape index (κ2) is 5.52. The van der Waals surface area contributed by atoms with Gasteiger partial charge in [-0.25, -0.2) is 4.79 Å². The van der Waals surface area contributed by atoms with Gasteiger partial charge in [-0.05, 0) is 38.8 Å². The molecule has 0 aromatic heterocycles. The van der Waals surface area contributed by atoms with Crippen molar-refractivity contribution in [1.82, 2.24) is 4.90 Å². The van der Waals surface area contributed by atoms with Gasteiger partial charge in [-0.1, -0.05) is 19.8 Å². The lowest BCUT2D eigenvalue weighted by molar-refractivity contribution is -0.177. The van der Waals surface area contributed by atoms with Crippen molar-refractivity contribution in [3.8, 4) is 11.8 Å². The van der Waals surface area contributed by atoms with Crippen LogP contribution in [0.3, 0.4) is 0 Å². The molecule has 2 bridgehead atoms. The quantitative estimate of drug-likeness (QED) is 0.612. The van der Waals surface area contributed by atoms with Crippen LogP contribution in [-0.2, 0) is 9.53 Å². The zero-order chi connectivity index (χ0) is 14.0. The molecule has 2 atom stereocenters. The molecule has 3 heterocycles. The van der Waals surface area contributed by atoms with Crippen LogP contribution < -0.4 is 0 Å². The number of esters is 1. The zero-order valence-electron chi connectivity index (χ0n) is 12.0. The lowest BCUT2D eigenvalue weighted by atomic mass is 9.85. The molecule has 3 saturated heterocycles. The van der Waals surface area contributed by atoms with E-state index in [9.17, 15) is 9.90 Å². The molecule has 3 aliphatic rings. The van der Waals surface area contributed by atoms with Crippen LogP contribution in [0.25, 0.3) is 0 Å². The summed E-state index contributed by atoms with van der Waals surface area (Å²) in [4.78, 5) is 14.6. The highest BCUT2D eigenvalue weighted by molar-refractivity contribution is 5.83. The molecule has 3 fully saturated rings. The average molecular weight is 265 g/mol. The minimum atomic E-state index is -1.68. The van der Waals surface area contributed by atoms with Gasteiger partial charge in [0.1, 0.15) is 6.10 Å². The smallest absolute Gasteiger partial charge is 0.351 e. The average Bonchev–Trinajstić information content (AvgIpc) is 2.40. The molecule has 19 heavy (non-hydrogen) atoms. The molecular weight excluding hydrogens is 242 g/mol.